The molecule has 1 unspecified atom stereocenters. The molecule has 1 atom stereocenters. The smallest absolute Gasteiger partial charge is 0.325 e. The number of amides is 4. The number of carbonyl (C=O) groups excluding carboxylic acids is 3. The molecule has 2 aliphatic rings. The second-order valence-corrected chi connectivity index (χ2v) is 6.32. The van der Waals surface area contributed by atoms with Crippen molar-refractivity contribution in [1.29, 1.82) is 0 Å². The maximum atomic E-state index is 12.4. The third-order valence-electron chi connectivity index (χ3n) is 3.79. The molecule has 1 heterocycles. The molecule has 6 heteroatoms. The lowest BCUT2D eigenvalue weighted by atomic mass is 9.95. The Hall–Kier alpha value is -1.85. The van der Waals surface area contributed by atoms with Crippen LogP contribution in [0.5, 0.6) is 0 Å². The minimum absolute atomic E-state index is 0.195. The van der Waals surface area contributed by atoms with Gasteiger partial charge in [0.1, 0.15) is 12.1 Å². The van der Waals surface area contributed by atoms with Gasteiger partial charge in [0.05, 0.1) is 0 Å². The van der Waals surface area contributed by atoms with E-state index in [0.717, 1.165) is 17.7 Å². The first-order valence-electron chi connectivity index (χ1n) is 7.39. The summed E-state index contributed by atoms with van der Waals surface area (Å²) in [6.07, 6.45) is 5.24. The van der Waals surface area contributed by atoms with Gasteiger partial charge in [-0.3, -0.25) is 14.5 Å². The highest BCUT2D eigenvalue weighted by Crippen LogP contribution is 2.23. The van der Waals surface area contributed by atoms with Crippen LogP contribution in [0.2, 0.25) is 0 Å². The molecule has 6 nitrogen and oxygen atoms in total. The molecule has 0 spiro atoms. The number of allylic oxidation sites excluding steroid dienone is 2. The molecule has 1 aliphatic carbocycles. The minimum Gasteiger partial charge on any atom is -0.352 e. The summed E-state index contributed by atoms with van der Waals surface area (Å²) < 4.78 is 0. The van der Waals surface area contributed by atoms with Crippen LogP contribution in [0.15, 0.2) is 11.6 Å². The number of hydrogen-bond acceptors (Lipinski definition) is 3. The maximum Gasteiger partial charge on any atom is 0.325 e. The fourth-order valence-corrected chi connectivity index (χ4v) is 2.35. The van der Waals surface area contributed by atoms with Gasteiger partial charge in [-0.1, -0.05) is 11.6 Å². The monoisotopic (exact) mass is 293 g/mol. The Kier molecular flexibility index (Phi) is 4.34. The van der Waals surface area contributed by atoms with Gasteiger partial charge >= 0.3 is 6.03 Å². The normalized spacial score (nSPS) is 24.8. The molecule has 1 aliphatic heterocycles. The van der Waals surface area contributed by atoms with Crippen LogP contribution in [0, 0.1) is 0 Å². The lowest BCUT2D eigenvalue weighted by molar-refractivity contribution is -0.134. The van der Waals surface area contributed by atoms with E-state index in [1.807, 2.05) is 19.9 Å². The van der Waals surface area contributed by atoms with Gasteiger partial charge in [0, 0.05) is 6.04 Å². The van der Waals surface area contributed by atoms with Crippen molar-refractivity contribution in [2.45, 2.75) is 58.0 Å². The minimum atomic E-state index is -0.914. The fraction of sp³-hybridized carbons (Fsp3) is 0.667. The molecule has 0 aromatic heterocycles. The van der Waals surface area contributed by atoms with Gasteiger partial charge in [-0.05, 0) is 46.5 Å². The zero-order valence-corrected chi connectivity index (χ0v) is 12.9. The molecule has 2 fully saturated rings. The number of carbonyl (C=O) groups is 3. The predicted octanol–water partition coefficient (Wildman–Crippen LogP) is 1.32. The summed E-state index contributed by atoms with van der Waals surface area (Å²) in [5.41, 5.74) is 0.263. The Labute approximate surface area is 124 Å². The number of hydrogen-bond donors (Lipinski definition) is 2. The van der Waals surface area contributed by atoms with Gasteiger partial charge in [-0.2, -0.15) is 0 Å². The van der Waals surface area contributed by atoms with Crippen molar-refractivity contribution in [2.24, 2.45) is 0 Å². The number of nitrogens with zero attached hydrogens (tertiary/aromatic N) is 1. The Balaban J connectivity index is 1.94. The van der Waals surface area contributed by atoms with E-state index in [0.29, 0.717) is 12.8 Å². The average molecular weight is 293 g/mol. The van der Waals surface area contributed by atoms with E-state index in [1.165, 1.54) is 5.57 Å². The number of urea groups is 1. The molecule has 1 saturated heterocycles. The van der Waals surface area contributed by atoms with Crippen molar-refractivity contribution < 1.29 is 14.4 Å². The molecule has 116 valence electrons. The first-order valence-corrected chi connectivity index (χ1v) is 7.39. The zero-order valence-electron chi connectivity index (χ0n) is 12.9. The van der Waals surface area contributed by atoms with Crippen molar-refractivity contribution in [3.8, 4) is 0 Å². The Morgan fingerprint density at radius 1 is 1.43 bits per heavy atom. The maximum absolute atomic E-state index is 12.4. The standard InChI is InChI=1S/C15H23N3O3/c1-10(2)5-4-8-15(3)13(20)18(14(21)17-15)9-12(19)16-11-6-7-11/h5,11H,4,6-9H2,1-3H3,(H,16,19)(H,17,21). The molecule has 0 aromatic rings. The quantitative estimate of drug-likeness (QED) is 0.572. The summed E-state index contributed by atoms with van der Waals surface area (Å²) in [5, 5.41) is 5.49. The summed E-state index contributed by atoms with van der Waals surface area (Å²) >= 11 is 0. The SMILES string of the molecule is CC(C)=CCCC1(C)NC(=O)N(CC(=O)NC2CC2)C1=O. The molecule has 21 heavy (non-hydrogen) atoms. The molecule has 2 N–H and O–H groups in total. The Morgan fingerprint density at radius 2 is 2.10 bits per heavy atom. The lowest BCUT2D eigenvalue weighted by Gasteiger charge is -2.20. The zero-order chi connectivity index (χ0) is 15.6. The van der Waals surface area contributed by atoms with Crippen molar-refractivity contribution in [2.75, 3.05) is 6.54 Å². The van der Waals surface area contributed by atoms with Crippen molar-refractivity contribution in [3.63, 3.8) is 0 Å². The highest BCUT2D eigenvalue weighted by atomic mass is 16.2. The predicted molar refractivity (Wildman–Crippen MR) is 78.5 cm³/mol. The summed E-state index contributed by atoms with van der Waals surface area (Å²) in [6.45, 7) is 5.50. The van der Waals surface area contributed by atoms with Crippen molar-refractivity contribution in [1.82, 2.24) is 15.5 Å². The number of imide groups is 1. The van der Waals surface area contributed by atoms with Gasteiger partial charge < -0.3 is 10.6 Å². The van der Waals surface area contributed by atoms with E-state index in [2.05, 4.69) is 10.6 Å². The van der Waals surface area contributed by atoms with Crippen LogP contribution in [-0.2, 0) is 9.59 Å². The van der Waals surface area contributed by atoms with Crippen LogP contribution >= 0.6 is 0 Å². The van der Waals surface area contributed by atoms with E-state index in [1.54, 1.807) is 6.92 Å². The van der Waals surface area contributed by atoms with E-state index < -0.39 is 11.6 Å². The molecular formula is C15H23N3O3. The van der Waals surface area contributed by atoms with Crippen molar-refractivity contribution >= 4 is 17.8 Å². The van der Waals surface area contributed by atoms with E-state index in [-0.39, 0.29) is 24.4 Å². The number of nitrogens with one attached hydrogen (secondary N) is 2. The van der Waals surface area contributed by atoms with Gasteiger partial charge in [0.25, 0.3) is 5.91 Å². The second-order valence-electron chi connectivity index (χ2n) is 6.32. The fourth-order valence-electron chi connectivity index (χ4n) is 2.35. The summed E-state index contributed by atoms with van der Waals surface area (Å²) in [5.74, 6) is -0.588. The molecule has 0 radical (unpaired) electrons. The summed E-state index contributed by atoms with van der Waals surface area (Å²) in [7, 11) is 0. The number of rotatable bonds is 6. The lowest BCUT2D eigenvalue weighted by Crippen LogP contribution is -2.45. The molecular weight excluding hydrogens is 270 g/mol. The van der Waals surface area contributed by atoms with Crippen LogP contribution in [-0.4, -0.2) is 40.9 Å². The highest BCUT2D eigenvalue weighted by molar-refractivity contribution is 6.08. The van der Waals surface area contributed by atoms with Crippen molar-refractivity contribution in [3.05, 3.63) is 11.6 Å². The first kappa shape index (κ1) is 15.5. The molecule has 0 bridgehead atoms. The first-order chi connectivity index (χ1) is 9.82. The highest BCUT2D eigenvalue weighted by Gasteiger charge is 2.47. The van der Waals surface area contributed by atoms with E-state index in [4.69, 9.17) is 0 Å². The molecule has 1 saturated carbocycles. The van der Waals surface area contributed by atoms with Crippen LogP contribution in [0.1, 0.15) is 46.5 Å². The topological polar surface area (TPSA) is 78.5 Å². The van der Waals surface area contributed by atoms with Crippen LogP contribution in [0.25, 0.3) is 0 Å². The molecule has 0 aromatic carbocycles. The Morgan fingerprint density at radius 3 is 2.67 bits per heavy atom. The van der Waals surface area contributed by atoms with Gasteiger partial charge in [0.15, 0.2) is 0 Å². The third-order valence-corrected chi connectivity index (χ3v) is 3.79. The Bertz CT molecular complexity index is 492. The second kappa shape index (κ2) is 5.87. The third kappa shape index (κ3) is 3.83. The average Bonchev–Trinajstić information content (AvgIpc) is 3.14. The van der Waals surface area contributed by atoms with Gasteiger partial charge in [0.2, 0.25) is 5.91 Å². The van der Waals surface area contributed by atoms with Gasteiger partial charge in [-0.15, -0.1) is 0 Å². The van der Waals surface area contributed by atoms with Gasteiger partial charge in [-0.25, -0.2) is 4.79 Å². The van der Waals surface area contributed by atoms with Crippen LogP contribution in [0.4, 0.5) is 4.79 Å². The summed E-state index contributed by atoms with van der Waals surface area (Å²) in [4.78, 5) is 37.1. The molecule has 2 rings (SSSR count). The molecule has 4 amide bonds. The van der Waals surface area contributed by atoms with E-state index >= 15 is 0 Å². The van der Waals surface area contributed by atoms with Crippen LogP contribution in [0.3, 0.4) is 0 Å². The largest absolute Gasteiger partial charge is 0.352 e. The van der Waals surface area contributed by atoms with Crippen LogP contribution < -0.4 is 10.6 Å². The summed E-state index contributed by atoms with van der Waals surface area (Å²) in [6, 6.07) is -0.257. The van der Waals surface area contributed by atoms with E-state index in [9.17, 15) is 14.4 Å².